The molecule has 1 unspecified atom stereocenters. The maximum absolute atomic E-state index is 11.4. The minimum atomic E-state index is -3.45. The fraction of sp³-hybridized carbons (Fsp3) is 0.545. The van der Waals surface area contributed by atoms with Gasteiger partial charge in [0.05, 0.1) is 4.75 Å². The summed E-state index contributed by atoms with van der Waals surface area (Å²) in [4.78, 5) is 4.23. The summed E-state index contributed by atoms with van der Waals surface area (Å²) in [5.74, 6) is 0.122. The lowest BCUT2D eigenvalue weighted by atomic mass is 10.00. The van der Waals surface area contributed by atoms with Gasteiger partial charge in [0.25, 0.3) is 0 Å². The van der Waals surface area contributed by atoms with Crippen molar-refractivity contribution in [2.45, 2.75) is 36.9 Å². The third-order valence-corrected chi connectivity index (χ3v) is 5.79. The van der Waals surface area contributed by atoms with Crippen LogP contribution >= 0.6 is 10.7 Å². The van der Waals surface area contributed by atoms with Gasteiger partial charge in [-0.15, -0.1) is 0 Å². The molecule has 0 spiro atoms. The SMILES string of the molecule is CC(CC1(S(=O)(=O)Cl)CC1)c1ccccn1. The Bertz CT molecular complexity index is 468. The molecule has 2 rings (SSSR count). The molecule has 1 aliphatic carbocycles. The molecule has 16 heavy (non-hydrogen) atoms. The quantitative estimate of drug-likeness (QED) is 0.781. The van der Waals surface area contributed by atoms with Gasteiger partial charge >= 0.3 is 0 Å². The largest absolute Gasteiger partial charge is 0.261 e. The Hall–Kier alpha value is -0.610. The van der Waals surface area contributed by atoms with Gasteiger partial charge in [-0.2, -0.15) is 0 Å². The van der Waals surface area contributed by atoms with Crippen LogP contribution in [0.25, 0.3) is 0 Å². The van der Waals surface area contributed by atoms with Gasteiger partial charge in [-0.25, -0.2) is 8.42 Å². The lowest BCUT2D eigenvalue weighted by molar-refractivity contribution is 0.559. The molecular weight excluding hydrogens is 246 g/mol. The molecule has 3 nitrogen and oxygen atoms in total. The van der Waals surface area contributed by atoms with Gasteiger partial charge in [-0.3, -0.25) is 4.98 Å². The molecule has 0 aliphatic heterocycles. The van der Waals surface area contributed by atoms with Gasteiger partial charge < -0.3 is 0 Å². The summed E-state index contributed by atoms with van der Waals surface area (Å²) in [7, 11) is 2.02. The first kappa shape index (κ1) is 11.9. The third kappa shape index (κ3) is 2.23. The van der Waals surface area contributed by atoms with E-state index < -0.39 is 13.8 Å². The van der Waals surface area contributed by atoms with Gasteiger partial charge in [-0.05, 0) is 37.3 Å². The van der Waals surface area contributed by atoms with Crippen LogP contribution in [0.4, 0.5) is 0 Å². The summed E-state index contributed by atoms with van der Waals surface area (Å²) in [6.45, 7) is 1.99. The molecule has 1 aromatic rings. The van der Waals surface area contributed by atoms with Gasteiger partial charge in [0, 0.05) is 22.6 Å². The van der Waals surface area contributed by atoms with Crippen LogP contribution in [0.3, 0.4) is 0 Å². The van der Waals surface area contributed by atoms with Crippen molar-refractivity contribution in [3.63, 3.8) is 0 Å². The normalized spacial score (nSPS) is 20.4. The van der Waals surface area contributed by atoms with Crippen molar-refractivity contribution >= 4 is 19.7 Å². The predicted molar refractivity (Wildman–Crippen MR) is 64.0 cm³/mol. The average Bonchev–Trinajstić information content (AvgIpc) is 2.99. The Balaban J connectivity index is 2.12. The highest BCUT2D eigenvalue weighted by Crippen LogP contribution is 2.51. The van der Waals surface area contributed by atoms with Crippen molar-refractivity contribution < 1.29 is 8.42 Å². The fourth-order valence-electron chi connectivity index (χ4n) is 2.02. The summed E-state index contributed by atoms with van der Waals surface area (Å²) >= 11 is 0. The molecule has 1 saturated carbocycles. The monoisotopic (exact) mass is 259 g/mol. The summed E-state index contributed by atoms with van der Waals surface area (Å²) in [6, 6.07) is 5.68. The van der Waals surface area contributed by atoms with E-state index in [2.05, 4.69) is 4.98 Å². The van der Waals surface area contributed by atoms with Crippen molar-refractivity contribution in [2.24, 2.45) is 0 Å². The van der Waals surface area contributed by atoms with Crippen molar-refractivity contribution in [1.29, 1.82) is 0 Å². The second-order valence-corrected chi connectivity index (χ2v) is 7.44. The first-order valence-corrected chi connectivity index (χ1v) is 7.61. The lowest BCUT2D eigenvalue weighted by Gasteiger charge is -2.16. The van der Waals surface area contributed by atoms with Crippen LogP contribution < -0.4 is 0 Å². The van der Waals surface area contributed by atoms with Crippen molar-refractivity contribution in [3.05, 3.63) is 30.1 Å². The van der Waals surface area contributed by atoms with E-state index in [-0.39, 0.29) is 5.92 Å². The van der Waals surface area contributed by atoms with Crippen LogP contribution in [-0.2, 0) is 9.05 Å². The Morgan fingerprint density at radius 2 is 2.19 bits per heavy atom. The number of rotatable bonds is 4. The minimum Gasteiger partial charge on any atom is -0.261 e. The van der Waals surface area contributed by atoms with E-state index >= 15 is 0 Å². The number of pyridine rings is 1. The molecule has 0 radical (unpaired) electrons. The van der Waals surface area contributed by atoms with Crippen LogP contribution in [0.5, 0.6) is 0 Å². The molecule has 1 fully saturated rings. The maximum atomic E-state index is 11.4. The molecule has 1 heterocycles. The molecular formula is C11H14ClNO2S. The highest BCUT2D eigenvalue weighted by atomic mass is 35.7. The molecule has 0 amide bonds. The first-order valence-electron chi connectivity index (χ1n) is 5.30. The first-order chi connectivity index (χ1) is 7.45. The van der Waals surface area contributed by atoms with Crippen molar-refractivity contribution in [3.8, 4) is 0 Å². The highest BCUT2D eigenvalue weighted by molar-refractivity contribution is 8.15. The standard InChI is InChI=1S/C11H14ClNO2S/c1-9(10-4-2-3-7-13-10)8-11(5-6-11)16(12,14)15/h2-4,7,9H,5-6,8H2,1H3. The van der Waals surface area contributed by atoms with E-state index in [0.29, 0.717) is 19.3 Å². The summed E-state index contributed by atoms with van der Waals surface area (Å²) < 4.78 is 22.2. The zero-order valence-corrected chi connectivity index (χ0v) is 10.6. The summed E-state index contributed by atoms with van der Waals surface area (Å²) in [5, 5.41) is 0. The van der Waals surface area contributed by atoms with Crippen LogP contribution in [0, 0.1) is 0 Å². The molecule has 0 aromatic carbocycles. The molecule has 0 saturated heterocycles. The van der Waals surface area contributed by atoms with Crippen LogP contribution in [0.1, 0.15) is 37.8 Å². The fourth-order valence-corrected chi connectivity index (χ4v) is 3.71. The van der Waals surface area contributed by atoms with Crippen molar-refractivity contribution in [2.75, 3.05) is 0 Å². The number of hydrogen-bond donors (Lipinski definition) is 0. The van der Waals surface area contributed by atoms with E-state index in [4.69, 9.17) is 10.7 Å². The number of hydrogen-bond acceptors (Lipinski definition) is 3. The number of halogens is 1. The van der Waals surface area contributed by atoms with Gasteiger partial charge in [0.2, 0.25) is 9.05 Å². The molecule has 0 bridgehead atoms. The van der Waals surface area contributed by atoms with Gasteiger partial charge in [-0.1, -0.05) is 13.0 Å². The lowest BCUT2D eigenvalue weighted by Crippen LogP contribution is -2.20. The van der Waals surface area contributed by atoms with E-state index in [1.165, 1.54) is 0 Å². The topological polar surface area (TPSA) is 47.0 Å². The predicted octanol–water partition coefficient (Wildman–Crippen LogP) is 2.68. The zero-order valence-electron chi connectivity index (χ0n) is 9.06. The van der Waals surface area contributed by atoms with Gasteiger partial charge in [0.15, 0.2) is 0 Å². The van der Waals surface area contributed by atoms with Gasteiger partial charge in [0.1, 0.15) is 0 Å². The Morgan fingerprint density at radius 3 is 2.62 bits per heavy atom. The number of nitrogens with zero attached hydrogens (tertiary/aromatic N) is 1. The highest BCUT2D eigenvalue weighted by Gasteiger charge is 2.54. The zero-order chi connectivity index (χ0) is 11.8. The van der Waals surface area contributed by atoms with E-state index in [0.717, 1.165) is 5.69 Å². The minimum absolute atomic E-state index is 0.122. The summed E-state index contributed by atoms with van der Waals surface area (Å²) in [5.41, 5.74) is 0.925. The molecule has 1 aromatic heterocycles. The van der Waals surface area contributed by atoms with E-state index in [1.54, 1.807) is 6.20 Å². The van der Waals surface area contributed by atoms with Crippen LogP contribution in [-0.4, -0.2) is 18.1 Å². The molecule has 1 aliphatic rings. The third-order valence-electron chi connectivity index (χ3n) is 3.20. The molecule has 0 N–H and O–H groups in total. The Morgan fingerprint density at radius 1 is 1.50 bits per heavy atom. The second kappa shape index (κ2) is 4.00. The van der Waals surface area contributed by atoms with Crippen LogP contribution in [0.15, 0.2) is 24.4 Å². The molecule has 5 heteroatoms. The van der Waals surface area contributed by atoms with E-state index in [9.17, 15) is 8.42 Å². The summed E-state index contributed by atoms with van der Waals surface area (Å²) in [6.07, 6.45) is 3.64. The van der Waals surface area contributed by atoms with E-state index in [1.807, 2.05) is 25.1 Å². The molecule has 88 valence electrons. The average molecular weight is 260 g/mol. The maximum Gasteiger partial charge on any atom is 0.238 e. The van der Waals surface area contributed by atoms with Crippen molar-refractivity contribution in [1.82, 2.24) is 4.98 Å². The van der Waals surface area contributed by atoms with Crippen LogP contribution in [0.2, 0.25) is 0 Å². The molecule has 1 atom stereocenters. The Labute approximate surface area is 100 Å². The number of aromatic nitrogens is 1. The Kier molecular flexibility index (Phi) is 2.97. The second-order valence-electron chi connectivity index (χ2n) is 4.48. The smallest absolute Gasteiger partial charge is 0.238 e.